The molecule has 0 unspecified atom stereocenters. The Morgan fingerprint density at radius 2 is 1.95 bits per heavy atom. The number of aromatic amines is 1. The highest BCUT2D eigenvalue weighted by Crippen LogP contribution is 2.28. The summed E-state index contributed by atoms with van der Waals surface area (Å²) in [6.07, 6.45) is 4.21. The molecule has 0 spiro atoms. The molecule has 0 radical (unpaired) electrons. The summed E-state index contributed by atoms with van der Waals surface area (Å²) in [7, 11) is 0. The van der Waals surface area contributed by atoms with Gasteiger partial charge in [0.25, 0.3) is 0 Å². The number of rotatable bonds is 6. The molecule has 2 aliphatic heterocycles. The summed E-state index contributed by atoms with van der Waals surface area (Å²) < 4.78 is 20.3. The van der Waals surface area contributed by atoms with E-state index in [-0.39, 0.29) is 24.9 Å². The SMILES string of the molecule is CC(=O)NC[C@H]1CN(c2ccc(N3CCN(C(=O)/C=C/c4c[nH]c5ccccc45)CC3)c(F)c2)C(=O)O1. The van der Waals surface area contributed by atoms with Gasteiger partial charge in [0, 0.05) is 56.3 Å². The smallest absolute Gasteiger partial charge is 0.414 e. The van der Waals surface area contributed by atoms with E-state index < -0.39 is 18.0 Å². The number of benzene rings is 2. The molecule has 9 nitrogen and oxygen atoms in total. The van der Waals surface area contributed by atoms with E-state index in [0.717, 1.165) is 16.5 Å². The number of H-pyrrole nitrogens is 1. The zero-order valence-electron chi connectivity index (χ0n) is 20.4. The topological polar surface area (TPSA) is 98.0 Å². The molecule has 0 aliphatic carbocycles. The van der Waals surface area contributed by atoms with Gasteiger partial charge in [-0.15, -0.1) is 0 Å². The van der Waals surface area contributed by atoms with Crippen molar-refractivity contribution in [3.8, 4) is 0 Å². The number of ether oxygens (including phenoxy) is 1. The van der Waals surface area contributed by atoms with Crippen LogP contribution in [0.4, 0.5) is 20.6 Å². The maximum Gasteiger partial charge on any atom is 0.414 e. The lowest BCUT2D eigenvalue weighted by Crippen LogP contribution is -2.48. The minimum atomic E-state index is -0.574. The van der Waals surface area contributed by atoms with Crippen molar-refractivity contribution in [1.29, 1.82) is 0 Å². The Labute approximate surface area is 213 Å². The number of carbonyl (C=O) groups is 3. The molecule has 1 aromatic heterocycles. The third-order valence-electron chi connectivity index (χ3n) is 6.65. The molecule has 0 bridgehead atoms. The number of aromatic nitrogens is 1. The quantitative estimate of drug-likeness (QED) is 0.502. The summed E-state index contributed by atoms with van der Waals surface area (Å²) in [6.45, 7) is 3.76. The Morgan fingerprint density at radius 3 is 2.70 bits per heavy atom. The summed E-state index contributed by atoms with van der Waals surface area (Å²) in [4.78, 5) is 44.3. The van der Waals surface area contributed by atoms with Gasteiger partial charge < -0.3 is 24.8 Å². The van der Waals surface area contributed by atoms with Crippen LogP contribution in [-0.4, -0.2) is 73.2 Å². The largest absolute Gasteiger partial charge is 0.442 e. The van der Waals surface area contributed by atoms with E-state index in [1.165, 1.54) is 17.9 Å². The molecular formula is C27H28FN5O4. The van der Waals surface area contributed by atoms with Crippen LogP contribution in [0.3, 0.4) is 0 Å². The molecule has 2 aromatic carbocycles. The fourth-order valence-electron chi connectivity index (χ4n) is 4.68. The van der Waals surface area contributed by atoms with Crippen LogP contribution in [0.15, 0.2) is 54.7 Å². The maximum atomic E-state index is 15.1. The molecule has 3 aromatic rings. The molecule has 1 atom stereocenters. The van der Waals surface area contributed by atoms with E-state index in [1.807, 2.05) is 41.4 Å². The van der Waals surface area contributed by atoms with Gasteiger partial charge in [0.15, 0.2) is 0 Å². The van der Waals surface area contributed by atoms with Gasteiger partial charge >= 0.3 is 6.09 Å². The van der Waals surface area contributed by atoms with Gasteiger partial charge in [-0.05, 0) is 35.9 Å². The Hall–Kier alpha value is -4.34. The van der Waals surface area contributed by atoms with Gasteiger partial charge in [-0.25, -0.2) is 9.18 Å². The number of nitrogens with one attached hydrogen (secondary N) is 2. The van der Waals surface area contributed by atoms with Crippen LogP contribution in [0, 0.1) is 5.82 Å². The Morgan fingerprint density at radius 1 is 1.16 bits per heavy atom. The average Bonchev–Trinajstić information content (AvgIpc) is 3.49. The van der Waals surface area contributed by atoms with Crippen molar-refractivity contribution in [2.45, 2.75) is 13.0 Å². The van der Waals surface area contributed by atoms with Crippen LogP contribution in [0.5, 0.6) is 0 Å². The number of hydrogen-bond acceptors (Lipinski definition) is 5. The lowest BCUT2D eigenvalue weighted by Gasteiger charge is -2.36. The number of nitrogens with zero attached hydrogens (tertiary/aromatic N) is 3. The number of amides is 3. The summed E-state index contributed by atoms with van der Waals surface area (Å²) >= 11 is 0. The molecule has 192 valence electrons. The summed E-state index contributed by atoms with van der Waals surface area (Å²) in [5.74, 6) is -0.742. The molecule has 2 saturated heterocycles. The third kappa shape index (κ3) is 5.28. The first-order chi connectivity index (χ1) is 17.9. The van der Waals surface area contributed by atoms with E-state index >= 15 is 4.39 Å². The first-order valence-electron chi connectivity index (χ1n) is 12.2. The summed E-state index contributed by atoms with van der Waals surface area (Å²) in [5.41, 5.74) is 2.79. The van der Waals surface area contributed by atoms with Crippen molar-refractivity contribution in [3.63, 3.8) is 0 Å². The van der Waals surface area contributed by atoms with E-state index in [2.05, 4.69) is 10.3 Å². The van der Waals surface area contributed by atoms with Crippen LogP contribution in [0.1, 0.15) is 12.5 Å². The predicted octanol–water partition coefficient (Wildman–Crippen LogP) is 3.13. The Balaban J connectivity index is 1.17. The molecule has 2 fully saturated rings. The number of piperazine rings is 1. The Kier molecular flexibility index (Phi) is 6.80. The standard InChI is InChI=1S/C27H28FN5O4/c1-18(34)29-16-21-17-33(27(36)37-21)20-7-8-25(23(28)14-20)31-10-12-32(13-11-31)26(35)9-6-19-15-30-24-5-3-2-4-22(19)24/h2-9,14-15,21,30H,10-13,16-17H2,1H3,(H,29,34)/b9-6+/t21-/m0/s1. The first-order valence-corrected chi connectivity index (χ1v) is 12.2. The van der Waals surface area contributed by atoms with Gasteiger partial charge in [0.2, 0.25) is 11.8 Å². The molecule has 37 heavy (non-hydrogen) atoms. The van der Waals surface area contributed by atoms with Crippen LogP contribution in [-0.2, 0) is 14.3 Å². The van der Waals surface area contributed by atoms with Gasteiger partial charge in [-0.1, -0.05) is 18.2 Å². The van der Waals surface area contributed by atoms with E-state index in [4.69, 9.17) is 4.74 Å². The monoisotopic (exact) mass is 505 g/mol. The van der Waals surface area contributed by atoms with E-state index in [1.54, 1.807) is 23.1 Å². The molecule has 3 heterocycles. The number of halogens is 1. The molecule has 2 aliphatic rings. The van der Waals surface area contributed by atoms with Crippen molar-refractivity contribution in [1.82, 2.24) is 15.2 Å². The summed E-state index contributed by atoms with van der Waals surface area (Å²) in [5, 5.41) is 3.68. The number of cyclic esters (lactones) is 1. The van der Waals surface area contributed by atoms with Crippen molar-refractivity contribution < 1.29 is 23.5 Å². The number of fused-ring (bicyclic) bond motifs is 1. The van der Waals surface area contributed by atoms with Gasteiger partial charge in [-0.2, -0.15) is 0 Å². The molecular weight excluding hydrogens is 477 g/mol. The normalized spacial score (nSPS) is 18.1. The number of carbonyl (C=O) groups excluding carboxylic acids is 3. The van der Waals surface area contributed by atoms with Crippen LogP contribution in [0.2, 0.25) is 0 Å². The van der Waals surface area contributed by atoms with E-state index in [9.17, 15) is 14.4 Å². The van der Waals surface area contributed by atoms with Crippen LogP contribution < -0.4 is 15.1 Å². The number of anilines is 2. The average molecular weight is 506 g/mol. The molecule has 10 heteroatoms. The van der Waals surface area contributed by atoms with Gasteiger partial charge in [0.05, 0.1) is 24.5 Å². The Bertz CT molecular complexity index is 1360. The second-order valence-electron chi connectivity index (χ2n) is 9.12. The van der Waals surface area contributed by atoms with Crippen molar-refractivity contribution in [2.75, 3.05) is 49.1 Å². The fraction of sp³-hybridized carbons (Fsp3) is 0.296. The van der Waals surface area contributed by atoms with Crippen LogP contribution >= 0.6 is 0 Å². The van der Waals surface area contributed by atoms with Crippen molar-refractivity contribution in [2.24, 2.45) is 0 Å². The predicted molar refractivity (Wildman–Crippen MR) is 139 cm³/mol. The van der Waals surface area contributed by atoms with E-state index in [0.29, 0.717) is 37.6 Å². The maximum absolute atomic E-state index is 15.1. The fourth-order valence-corrected chi connectivity index (χ4v) is 4.68. The minimum Gasteiger partial charge on any atom is -0.442 e. The highest BCUT2D eigenvalue weighted by atomic mass is 19.1. The molecule has 0 saturated carbocycles. The van der Waals surface area contributed by atoms with Gasteiger partial charge in [0.1, 0.15) is 11.9 Å². The highest BCUT2D eigenvalue weighted by Gasteiger charge is 2.33. The first kappa shape index (κ1) is 24.4. The lowest BCUT2D eigenvalue weighted by molar-refractivity contribution is -0.126. The zero-order chi connectivity index (χ0) is 25.9. The zero-order valence-corrected chi connectivity index (χ0v) is 20.4. The van der Waals surface area contributed by atoms with Crippen molar-refractivity contribution in [3.05, 3.63) is 66.1 Å². The highest BCUT2D eigenvalue weighted by molar-refractivity contribution is 5.96. The minimum absolute atomic E-state index is 0.0814. The molecule has 2 N–H and O–H groups in total. The molecule has 5 rings (SSSR count). The lowest BCUT2D eigenvalue weighted by atomic mass is 10.1. The van der Waals surface area contributed by atoms with Crippen molar-refractivity contribution >= 4 is 46.3 Å². The summed E-state index contributed by atoms with van der Waals surface area (Å²) in [6, 6.07) is 12.6. The molecule has 3 amide bonds. The third-order valence-corrected chi connectivity index (χ3v) is 6.65. The number of para-hydroxylation sites is 1. The number of hydrogen-bond donors (Lipinski definition) is 2. The second-order valence-corrected chi connectivity index (χ2v) is 9.12. The van der Waals surface area contributed by atoms with Crippen LogP contribution in [0.25, 0.3) is 17.0 Å². The second kappa shape index (κ2) is 10.3. The van der Waals surface area contributed by atoms with Gasteiger partial charge in [-0.3, -0.25) is 14.5 Å².